The number of rotatable bonds is 3. The molecule has 0 aliphatic heterocycles. The molecule has 1 N–H and O–H groups in total. The van der Waals surface area contributed by atoms with Gasteiger partial charge >= 0.3 is 0 Å². The van der Waals surface area contributed by atoms with Crippen LogP contribution in [0.1, 0.15) is 23.5 Å². The lowest BCUT2D eigenvalue weighted by atomic mass is 10.1. The van der Waals surface area contributed by atoms with E-state index in [9.17, 15) is 4.79 Å². The topological polar surface area (TPSA) is 52.9 Å². The lowest BCUT2D eigenvalue weighted by Crippen LogP contribution is -2.37. The van der Waals surface area contributed by atoms with E-state index in [1.54, 1.807) is 11.4 Å². The van der Waals surface area contributed by atoms with Crippen molar-refractivity contribution in [3.05, 3.63) is 21.3 Å². The van der Waals surface area contributed by atoms with Crippen molar-refractivity contribution in [2.24, 2.45) is 5.92 Å². The Labute approximate surface area is 97.7 Å². The monoisotopic (exact) mass is 242 g/mol. The third-order valence-corrected chi connectivity index (χ3v) is 3.26. The molecule has 0 aliphatic rings. The van der Waals surface area contributed by atoms with Gasteiger partial charge in [-0.15, -0.1) is 11.3 Å². The van der Waals surface area contributed by atoms with Crippen LogP contribution in [0.15, 0.2) is 11.4 Å². The molecule has 1 atom stereocenters. The summed E-state index contributed by atoms with van der Waals surface area (Å²) >= 11 is 7.08. The molecule has 1 amide bonds. The number of thiophene rings is 1. The highest BCUT2D eigenvalue weighted by Gasteiger charge is 2.18. The summed E-state index contributed by atoms with van der Waals surface area (Å²) in [5.41, 5.74) is 0. The highest BCUT2D eigenvalue weighted by atomic mass is 35.5. The maximum atomic E-state index is 11.7. The summed E-state index contributed by atoms with van der Waals surface area (Å²) in [4.78, 5) is 12.1. The largest absolute Gasteiger partial charge is 0.335 e. The van der Waals surface area contributed by atoms with Crippen LogP contribution in [0.3, 0.4) is 0 Å². The lowest BCUT2D eigenvalue weighted by molar-refractivity contribution is 0.0942. The summed E-state index contributed by atoms with van der Waals surface area (Å²) in [7, 11) is 0. The molecule has 0 aliphatic carbocycles. The Hall–Kier alpha value is -1.05. The minimum absolute atomic E-state index is 0.0812. The van der Waals surface area contributed by atoms with E-state index in [0.717, 1.165) is 0 Å². The number of carbonyl (C=O) groups is 1. The number of hydrogen-bond acceptors (Lipinski definition) is 3. The second-order valence-corrected chi connectivity index (χ2v) is 4.75. The van der Waals surface area contributed by atoms with Crippen molar-refractivity contribution < 1.29 is 4.79 Å². The van der Waals surface area contributed by atoms with Crippen LogP contribution in [0.5, 0.6) is 0 Å². The van der Waals surface area contributed by atoms with Gasteiger partial charge in [0.15, 0.2) is 0 Å². The average Bonchev–Trinajstić information content (AvgIpc) is 2.60. The standard InChI is InChI=1S/C10H11ClN2OS/c1-6(2)8(5-12)13-10(14)9-7(11)3-4-15-9/h3-4,6,8H,1-2H3,(H,13,14). The van der Waals surface area contributed by atoms with Crippen LogP contribution < -0.4 is 5.32 Å². The first-order valence-electron chi connectivity index (χ1n) is 4.49. The van der Waals surface area contributed by atoms with E-state index in [1.807, 2.05) is 19.9 Å². The first-order valence-corrected chi connectivity index (χ1v) is 5.75. The summed E-state index contributed by atoms with van der Waals surface area (Å²) in [6, 6.07) is 3.23. The lowest BCUT2D eigenvalue weighted by Gasteiger charge is -2.14. The van der Waals surface area contributed by atoms with Crippen LogP contribution in [-0.4, -0.2) is 11.9 Å². The first kappa shape index (κ1) is 12.0. The van der Waals surface area contributed by atoms with Crippen LogP contribution in [-0.2, 0) is 0 Å². The fraction of sp³-hybridized carbons (Fsp3) is 0.400. The maximum absolute atomic E-state index is 11.7. The van der Waals surface area contributed by atoms with Crippen molar-refractivity contribution in [3.63, 3.8) is 0 Å². The molecule has 0 saturated heterocycles. The van der Waals surface area contributed by atoms with Crippen LogP contribution in [0.2, 0.25) is 5.02 Å². The molecule has 0 saturated carbocycles. The Kier molecular flexibility index (Phi) is 4.13. The zero-order chi connectivity index (χ0) is 11.4. The van der Waals surface area contributed by atoms with Gasteiger partial charge in [0, 0.05) is 0 Å². The van der Waals surface area contributed by atoms with Gasteiger partial charge in [0.2, 0.25) is 0 Å². The van der Waals surface area contributed by atoms with Gasteiger partial charge < -0.3 is 5.32 Å². The molecule has 0 spiro atoms. The normalized spacial score (nSPS) is 12.2. The molecular formula is C10H11ClN2OS. The Morgan fingerprint density at radius 2 is 2.33 bits per heavy atom. The van der Waals surface area contributed by atoms with Gasteiger partial charge in [-0.2, -0.15) is 5.26 Å². The van der Waals surface area contributed by atoms with Crippen molar-refractivity contribution in [3.8, 4) is 6.07 Å². The van der Waals surface area contributed by atoms with Crippen molar-refractivity contribution in [1.29, 1.82) is 5.26 Å². The second-order valence-electron chi connectivity index (χ2n) is 3.42. The first-order chi connectivity index (χ1) is 7.06. The summed E-state index contributed by atoms with van der Waals surface area (Å²) in [5, 5.41) is 13.6. The van der Waals surface area contributed by atoms with E-state index in [0.29, 0.717) is 9.90 Å². The molecule has 0 fully saturated rings. The van der Waals surface area contributed by atoms with Crippen molar-refractivity contribution in [2.75, 3.05) is 0 Å². The Morgan fingerprint density at radius 3 is 2.73 bits per heavy atom. The van der Waals surface area contributed by atoms with Crippen LogP contribution >= 0.6 is 22.9 Å². The van der Waals surface area contributed by atoms with Crippen LogP contribution in [0, 0.1) is 17.2 Å². The van der Waals surface area contributed by atoms with Gasteiger partial charge in [0.1, 0.15) is 10.9 Å². The zero-order valence-electron chi connectivity index (χ0n) is 8.45. The van der Waals surface area contributed by atoms with Gasteiger partial charge in [-0.3, -0.25) is 4.79 Å². The summed E-state index contributed by atoms with van der Waals surface area (Å²) < 4.78 is 0. The average molecular weight is 243 g/mol. The van der Waals surface area contributed by atoms with Crippen molar-refractivity contribution >= 4 is 28.8 Å². The van der Waals surface area contributed by atoms with E-state index in [2.05, 4.69) is 5.32 Å². The Morgan fingerprint density at radius 1 is 1.67 bits per heavy atom. The number of nitriles is 1. The third kappa shape index (κ3) is 2.95. The molecule has 3 nitrogen and oxygen atoms in total. The molecule has 1 heterocycles. The number of nitrogens with one attached hydrogen (secondary N) is 1. The molecule has 1 aromatic heterocycles. The fourth-order valence-corrected chi connectivity index (χ4v) is 2.05. The van der Waals surface area contributed by atoms with Gasteiger partial charge in [0.25, 0.3) is 5.91 Å². The second kappa shape index (κ2) is 5.15. The summed E-state index contributed by atoms with van der Waals surface area (Å²) in [6.45, 7) is 3.76. The molecule has 0 bridgehead atoms. The Balaban J connectivity index is 2.72. The minimum Gasteiger partial charge on any atom is -0.335 e. The van der Waals surface area contributed by atoms with Gasteiger partial charge in [-0.1, -0.05) is 25.4 Å². The van der Waals surface area contributed by atoms with E-state index in [4.69, 9.17) is 16.9 Å². The number of hydrogen-bond donors (Lipinski definition) is 1. The number of nitrogens with zero attached hydrogens (tertiary/aromatic N) is 1. The van der Waals surface area contributed by atoms with E-state index >= 15 is 0 Å². The highest BCUT2D eigenvalue weighted by Crippen LogP contribution is 2.21. The van der Waals surface area contributed by atoms with Gasteiger partial charge in [0.05, 0.1) is 11.1 Å². The Bertz CT molecular complexity index is 394. The quantitative estimate of drug-likeness (QED) is 0.886. The summed E-state index contributed by atoms with van der Waals surface area (Å²) in [5.74, 6) is -0.201. The molecular weight excluding hydrogens is 232 g/mol. The van der Waals surface area contributed by atoms with Crippen molar-refractivity contribution in [1.82, 2.24) is 5.32 Å². The van der Waals surface area contributed by atoms with E-state index < -0.39 is 6.04 Å². The minimum atomic E-state index is -0.476. The van der Waals surface area contributed by atoms with Gasteiger partial charge in [-0.05, 0) is 17.4 Å². The fourth-order valence-electron chi connectivity index (χ4n) is 1.01. The van der Waals surface area contributed by atoms with Crippen LogP contribution in [0.25, 0.3) is 0 Å². The van der Waals surface area contributed by atoms with E-state index in [1.165, 1.54) is 11.3 Å². The molecule has 80 valence electrons. The zero-order valence-corrected chi connectivity index (χ0v) is 10.0. The molecule has 1 unspecified atom stereocenters. The predicted octanol–water partition coefficient (Wildman–Crippen LogP) is 2.68. The summed E-state index contributed by atoms with van der Waals surface area (Å²) in [6.07, 6.45) is 0. The molecule has 0 aromatic carbocycles. The van der Waals surface area contributed by atoms with E-state index in [-0.39, 0.29) is 11.8 Å². The molecule has 1 rings (SSSR count). The molecule has 0 radical (unpaired) electrons. The van der Waals surface area contributed by atoms with Crippen molar-refractivity contribution in [2.45, 2.75) is 19.9 Å². The molecule has 15 heavy (non-hydrogen) atoms. The van der Waals surface area contributed by atoms with Gasteiger partial charge in [-0.25, -0.2) is 0 Å². The van der Waals surface area contributed by atoms with Crippen LogP contribution in [0.4, 0.5) is 0 Å². The number of halogens is 1. The number of carbonyl (C=O) groups excluding carboxylic acids is 1. The maximum Gasteiger partial charge on any atom is 0.263 e. The predicted molar refractivity (Wildman–Crippen MR) is 61.0 cm³/mol. The molecule has 1 aromatic rings. The number of amides is 1. The smallest absolute Gasteiger partial charge is 0.263 e. The third-order valence-electron chi connectivity index (χ3n) is 1.92. The highest BCUT2D eigenvalue weighted by molar-refractivity contribution is 7.12. The molecule has 5 heteroatoms. The SMILES string of the molecule is CC(C)C(C#N)NC(=O)c1sccc1Cl.